The van der Waals surface area contributed by atoms with E-state index in [0.717, 1.165) is 19.3 Å². The van der Waals surface area contributed by atoms with Gasteiger partial charge in [-0.1, -0.05) is 24.3 Å². The van der Waals surface area contributed by atoms with Gasteiger partial charge in [0.15, 0.2) is 0 Å². The molecule has 0 rings (SSSR count). The van der Waals surface area contributed by atoms with Crippen molar-refractivity contribution >= 4 is 6.16 Å². The molecule has 0 aliphatic heterocycles. The lowest BCUT2D eigenvalue weighted by molar-refractivity contribution is 0.0741. The van der Waals surface area contributed by atoms with Gasteiger partial charge in [0, 0.05) is 0 Å². The molecule has 92 valence electrons. The van der Waals surface area contributed by atoms with E-state index in [1.54, 1.807) is 0 Å². The number of allylic oxidation sites excluding steroid dienone is 3. The monoisotopic (exact) mass is 226 g/mol. The van der Waals surface area contributed by atoms with Crippen LogP contribution in [0.2, 0.25) is 0 Å². The summed E-state index contributed by atoms with van der Waals surface area (Å²) >= 11 is 0. The first-order valence-electron chi connectivity index (χ1n) is 5.78. The van der Waals surface area contributed by atoms with Gasteiger partial charge < -0.3 is 9.47 Å². The molecule has 0 fully saturated rings. The summed E-state index contributed by atoms with van der Waals surface area (Å²) < 4.78 is 9.07. The van der Waals surface area contributed by atoms with E-state index in [4.69, 9.17) is 4.74 Å². The van der Waals surface area contributed by atoms with Gasteiger partial charge in [0.2, 0.25) is 0 Å². The molecule has 0 aliphatic rings. The predicted molar refractivity (Wildman–Crippen MR) is 65.4 cm³/mol. The molecule has 16 heavy (non-hydrogen) atoms. The van der Waals surface area contributed by atoms with Gasteiger partial charge in [-0.2, -0.15) is 0 Å². The average molecular weight is 226 g/mol. The lowest BCUT2D eigenvalue weighted by atomic mass is 10.2. The number of carbonyl (C=O) groups is 1. The van der Waals surface area contributed by atoms with E-state index in [1.807, 2.05) is 13.0 Å². The normalized spacial score (nSPS) is 11.1. The van der Waals surface area contributed by atoms with Crippen LogP contribution in [0.1, 0.15) is 39.0 Å². The summed E-state index contributed by atoms with van der Waals surface area (Å²) in [5.41, 5.74) is 0. The molecule has 0 N–H and O–H groups in total. The van der Waals surface area contributed by atoms with Crippen LogP contribution >= 0.6 is 0 Å². The number of methoxy groups -OCH3 is 1. The van der Waals surface area contributed by atoms with Crippen molar-refractivity contribution in [2.45, 2.75) is 39.0 Å². The summed E-state index contributed by atoms with van der Waals surface area (Å²) in [7, 11) is 1.31. The minimum atomic E-state index is -0.611. The zero-order valence-electron chi connectivity index (χ0n) is 10.3. The highest BCUT2D eigenvalue weighted by atomic mass is 16.7. The largest absolute Gasteiger partial charge is 0.507 e. The van der Waals surface area contributed by atoms with E-state index in [9.17, 15) is 4.79 Å². The molecule has 0 spiro atoms. The molecule has 0 amide bonds. The molecule has 0 bridgehead atoms. The first kappa shape index (κ1) is 14.8. The second-order valence-corrected chi connectivity index (χ2v) is 3.42. The maximum atomic E-state index is 10.6. The third-order valence-corrected chi connectivity index (χ3v) is 2.07. The Kier molecular flexibility index (Phi) is 10.9. The molecule has 0 saturated heterocycles. The summed E-state index contributed by atoms with van der Waals surface area (Å²) in [6, 6.07) is 0. The molecular weight excluding hydrogens is 204 g/mol. The number of rotatable bonds is 8. The van der Waals surface area contributed by atoms with Crippen molar-refractivity contribution in [2.75, 3.05) is 13.7 Å². The zero-order chi connectivity index (χ0) is 12.1. The van der Waals surface area contributed by atoms with E-state index >= 15 is 0 Å². The molecule has 0 heterocycles. The molecule has 3 nitrogen and oxygen atoms in total. The third kappa shape index (κ3) is 10.8. The lowest BCUT2D eigenvalue weighted by Crippen LogP contribution is -2.04. The Labute approximate surface area is 98.1 Å². The Morgan fingerprint density at radius 1 is 1.06 bits per heavy atom. The smallest absolute Gasteiger partial charge is 0.438 e. The van der Waals surface area contributed by atoms with Crippen LogP contribution in [0, 0.1) is 0 Å². The molecular formula is C13H22O3. The molecule has 0 atom stereocenters. The number of unbranched alkanes of at least 4 members (excludes halogenated alkanes) is 3. The van der Waals surface area contributed by atoms with Crippen molar-refractivity contribution in [2.24, 2.45) is 0 Å². The lowest BCUT2D eigenvalue weighted by Gasteiger charge is -1.99. The Bertz CT molecular complexity index is 219. The van der Waals surface area contributed by atoms with Gasteiger partial charge in [-0.15, -0.1) is 0 Å². The minimum absolute atomic E-state index is 0.391. The van der Waals surface area contributed by atoms with Gasteiger partial charge in [-0.3, -0.25) is 0 Å². The number of hydrogen-bond acceptors (Lipinski definition) is 3. The fourth-order valence-corrected chi connectivity index (χ4v) is 1.20. The zero-order valence-corrected chi connectivity index (χ0v) is 10.3. The number of carbonyl (C=O) groups excluding carboxylic acids is 1. The van der Waals surface area contributed by atoms with Crippen LogP contribution in [-0.4, -0.2) is 19.9 Å². The van der Waals surface area contributed by atoms with Crippen LogP contribution in [0.15, 0.2) is 24.3 Å². The van der Waals surface area contributed by atoms with Gasteiger partial charge in [-0.05, 0) is 39.0 Å². The van der Waals surface area contributed by atoms with Gasteiger partial charge in [0.1, 0.15) is 0 Å². The highest BCUT2D eigenvalue weighted by molar-refractivity contribution is 5.59. The van der Waals surface area contributed by atoms with Gasteiger partial charge in [0.25, 0.3) is 0 Å². The quantitative estimate of drug-likeness (QED) is 0.358. The highest BCUT2D eigenvalue weighted by Crippen LogP contribution is 2.02. The summed E-state index contributed by atoms with van der Waals surface area (Å²) in [6.45, 7) is 2.43. The van der Waals surface area contributed by atoms with Crippen molar-refractivity contribution in [3.8, 4) is 0 Å². The molecule has 0 aliphatic carbocycles. The summed E-state index contributed by atoms with van der Waals surface area (Å²) in [5, 5.41) is 0. The summed E-state index contributed by atoms with van der Waals surface area (Å²) in [4.78, 5) is 10.6. The Balaban J connectivity index is 3.19. The topological polar surface area (TPSA) is 35.5 Å². The van der Waals surface area contributed by atoms with Crippen LogP contribution in [0.4, 0.5) is 4.79 Å². The predicted octanol–water partition coefficient (Wildman–Crippen LogP) is 3.85. The summed E-state index contributed by atoms with van der Waals surface area (Å²) in [6.07, 6.45) is 13.3. The molecule has 0 aromatic heterocycles. The molecule has 0 saturated carbocycles. The maximum absolute atomic E-state index is 10.6. The Morgan fingerprint density at radius 3 is 2.31 bits per heavy atom. The van der Waals surface area contributed by atoms with Crippen LogP contribution < -0.4 is 0 Å². The third-order valence-electron chi connectivity index (χ3n) is 2.07. The fraction of sp³-hybridized carbons (Fsp3) is 0.615. The molecule has 0 aromatic rings. The maximum Gasteiger partial charge on any atom is 0.507 e. The van der Waals surface area contributed by atoms with Crippen LogP contribution in [-0.2, 0) is 9.47 Å². The average Bonchev–Trinajstić information content (AvgIpc) is 2.31. The van der Waals surface area contributed by atoms with Crippen molar-refractivity contribution in [3.05, 3.63) is 24.3 Å². The van der Waals surface area contributed by atoms with Gasteiger partial charge >= 0.3 is 6.16 Å². The molecule has 0 unspecified atom stereocenters. The van der Waals surface area contributed by atoms with Crippen LogP contribution in [0.3, 0.4) is 0 Å². The van der Waals surface area contributed by atoms with Crippen molar-refractivity contribution in [1.82, 2.24) is 0 Å². The SMILES string of the molecule is CC=CCCCC/C=C\CCOC(=O)OC. The van der Waals surface area contributed by atoms with Crippen molar-refractivity contribution in [1.29, 1.82) is 0 Å². The first-order valence-corrected chi connectivity index (χ1v) is 5.78. The minimum Gasteiger partial charge on any atom is -0.438 e. The molecule has 3 heteroatoms. The van der Waals surface area contributed by atoms with E-state index in [0.29, 0.717) is 6.61 Å². The van der Waals surface area contributed by atoms with Gasteiger partial charge in [-0.25, -0.2) is 4.79 Å². The standard InChI is InChI=1S/C13H22O3/c1-3-4-5-6-7-8-9-10-11-12-16-13(14)15-2/h3-4,9-10H,5-8,11-12H2,1-2H3/b4-3?,10-9-. The van der Waals surface area contributed by atoms with Crippen LogP contribution in [0.25, 0.3) is 0 Å². The second kappa shape index (κ2) is 11.8. The van der Waals surface area contributed by atoms with Crippen LogP contribution in [0.5, 0.6) is 0 Å². The fourth-order valence-electron chi connectivity index (χ4n) is 1.20. The van der Waals surface area contributed by atoms with E-state index < -0.39 is 6.16 Å². The number of hydrogen-bond donors (Lipinski definition) is 0. The van der Waals surface area contributed by atoms with Crippen molar-refractivity contribution in [3.63, 3.8) is 0 Å². The highest BCUT2D eigenvalue weighted by Gasteiger charge is 1.96. The van der Waals surface area contributed by atoms with E-state index in [1.165, 1.54) is 20.0 Å². The molecule has 0 aromatic carbocycles. The second-order valence-electron chi connectivity index (χ2n) is 3.42. The van der Waals surface area contributed by atoms with Crippen molar-refractivity contribution < 1.29 is 14.3 Å². The number of ether oxygens (including phenoxy) is 2. The van der Waals surface area contributed by atoms with E-state index in [-0.39, 0.29) is 0 Å². The Hall–Kier alpha value is -1.25. The molecule has 0 radical (unpaired) electrons. The van der Waals surface area contributed by atoms with Gasteiger partial charge in [0.05, 0.1) is 13.7 Å². The first-order chi connectivity index (χ1) is 7.81. The summed E-state index contributed by atoms with van der Waals surface area (Å²) in [5.74, 6) is 0. The Morgan fingerprint density at radius 2 is 1.69 bits per heavy atom. The van der Waals surface area contributed by atoms with E-state index in [2.05, 4.69) is 23.0 Å².